The summed E-state index contributed by atoms with van der Waals surface area (Å²) in [6.45, 7) is 0. The van der Waals surface area contributed by atoms with Gasteiger partial charge in [-0.3, -0.25) is 9.69 Å². The molecule has 0 saturated heterocycles. The quantitative estimate of drug-likeness (QED) is 0.634. The second kappa shape index (κ2) is 8.47. The molecule has 0 aliphatic carbocycles. The summed E-state index contributed by atoms with van der Waals surface area (Å²) in [5, 5.41) is 3.48. The standard InChI is InChI=1S/C24H24N2O5/c1-28-16-11-9-15(10-12-16)26-23(25-19-8-6-5-7-18(19)24(26)27)22-20(30-3)13-17(29-2)14-21(22)31-4/h5-14,23,25H,1-4H3/t23-/m0/s1. The Morgan fingerprint density at radius 3 is 1.97 bits per heavy atom. The fourth-order valence-corrected chi connectivity index (χ4v) is 3.77. The van der Waals surface area contributed by atoms with Crippen LogP contribution in [0.1, 0.15) is 22.1 Å². The van der Waals surface area contributed by atoms with Crippen LogP contribution in [0.5, 0.6) is 23.0 Å². The number of benzene rings is 3. The lowest BCUT2D eigenvalue weighted by molar-refractivity contribution is 0.0974. The third kappa shape index (κ3) is 3.59. The van der Waals surface area contributed by atoms with Crippen LogP contribution < -0.4 is 29.2 Å². The van der Waals surface area contributed by atoms with Gasteiger partial charge in [-0.2, -0.15) is 0 Å². The number of nitrogens with one attached hydrogen (secondary N) is 1. The van der Waals surface area contributed by atoms with Crippen LogP contribution in [0.3, 0.4) is 0 Å². The highest BCUT2D eigenvalue weighted by molar-refractivity contribution is 6.12. The number of rotatable bonds is 6. The largest absolute Gasteiger partial charge is 0.497 e. The van der Waals surface area contributed by atoms with E-state index in [2.05, 4.69) is 5.32 Å². The van der Waals surface area contributed by atoms with Gasteiger partial charge in [0.25, 0.3) is 5.91 Å². The van der Waals surface area contributed by atoms with Gasteiger partial charge in [0.1, 0.15) is 29.2 Å². The van der Waals surface area contributed by atoms with Crippen molar-refractivity contribution in [2.24, 2.45) is 0 Å². The van der Waals surface area contributed by atoms with Crippen molar-refractivity contribution >= 4 is 17.3 Å². The van der Waals surface area contributed by atoms with Crippen LogP contribution in [0.25, 0.3) is 0 Å². The zero-order valence-electron chi connectivity index (χ0n) is 17.8. The second-order valence-corrected chi connectivity index (χ2v) is 6.91. The van der Waals surface area contributed by atoms with E-state index in [1.165, 1.54) is 0 Å². The van der Waals surface area contributed by atoms with Gasteiger partial charge < -0.3 is 24.3 Å². The fraction of sp³-hybridized carbons (Fsp3) is 0.208. The Kier molecular flexibility index (Phi) is 5.58. The number of carbonyl (C=O) groups excluding carboxylic acids is 1. The first-order valence-corrected chi connectivity index (χ1v) is 9.74. The predicted octanol–water partition coefficient (Wildman–Crippen LogP) is 4.49. The third-order valence-corrected chi connectivity index (χ3v) is 5.30. The molecule has 1 atom stereocenters. The number of para-hydroxylation sites is 1. The van der Waals surface area contributed by atoms with Gasteiger partial charge in [-0.1, -0.05) is 12.1 Å². The molecule has 3 aromatic carbocycles. The monoisotopic (exact) mass is 420 g/mol. The van der Waals surface area contributed by atoms with Crippen molar-refractivity contribution in [1.29, 1.82) is 0 Å². The van der Waals surface area contributed by atoms with Crippen LogP contribution in [0.15, 0.2) is 60.7 Å². The first kappa shape index (κ1) is 20.4. The molecule has 3 aromatic rings. The lowest BCUT2D eigenvalue weighted by Crippen LogP contribution is -2.43. The number of hydrogen-bond donors (Lipinski definition) is 1. The van der Waals surface area contributed by atoms with Crippen molar-refractivity contribution < 1.29 is 23.7 Å². The van der Waals surface area contributed by atoms with Crippen LogP contribution in [0.2, 0.25) is 0 Å². The summed E-state index contributed by atoms with van der Waals surface area (Å²) in [7, 11) is 6.34. The SMILES string of the molecule is COc1ccc(N2C(=O)c3ccccc3N[C@@H]2c2c(OC)cc(OC)cc2OC)cc1. The molecule has 1 heterocycles. The number of amides is 1. The number of fused-ring (bicyclic) bond motifs is 1. The second-order valence-electron chi connectivity index (χ2n) is 6.91. The molecule has 1 N–H and O–H groups in total. The van der Waals surface area contributed by atoms with E-state index < -0.39 is 6.17 Å². The maximum atomic E-state index is 13.6. The smallest absolute Gasteiger partial charge is 0.262 e. The van der Waals surface area contributed by atoms with Gasteiger partial charge in [-0.25, -0.2) is 0 Å². The Balaban J connectivity index is 1.92. The summed E-state index contributed by atoms with van der Waals surface area (Å²) >= 11 is 0. The Morgan fingerprint density at radius 2 is 1.39 bits per heavy atom. The van der Waals surface area contributed by atoms with Crippen LogP contribution in [0, 0.1) is 0 Å². The zero-order valence-corrected chi connectivity index (χ0v) is 17.8. The van der Waals surface area contributed by atoms with E-state index in [1.807, 2.05) is 42.5 Å². The van der Waals surface area contributed by atoms with E-state index in [-0.39, 0.29) is 5.91 Å². The number of nitrogens with zero attached hydrogens (tertiary/aromatic N) is 1. The molecule has 0 bridgehead atoms. The molecule has 1 amide bonds. The summed E-state index contributed by atoms with van der Waals surface area (Å²) in [4.78, 5) is 15.3. The number of ether oxygens (including phenoxy) is 4. The highest BCUT2D eigenvalue weighted by Crippen LogP contribution is 2.45. The Hall–Kier alpha value is -3.87. The fourth-order valence-electron chi connectivity index (χ4n) is 3.77. The van der Waals surface area contributed by atoms with Crippen molar-refractivity contribution in [2.45, 2.75) is 6.17 Å². The molecular formula is C24H24N2O5. The first-order chi connectivity index (χ1) is 15.1. The van der Waals surface area contributed by atoms with E-state index in [9.17, 15) is 4.79 Å². The average molecular weight is 420 g/mol. The minimum atomic E-state index is -0.577. The van der Waals surface area contributed by atoms with Gasteiger partial charge in [0.15, 0.2) is 0 Å². The van der Waals surface area contributed by atoms with Gasteiger partial charge in [0.05, 0.1) is 39.6 Å². The third-order valence-electron chi connectivity index (χ3n) is 5.30. The molecular weight excluding hydrogens is 396 g/mol. The van der Waals surface area contributed by atoms with Gasteiger partial charge in [0.2, 0.25) is 0 Å². The summed E-state index contributed by atoms with van der Waals surface area (Å²) in [5.74, 6) is 2.25. The molecule has 0 unspecified atom stereocenters. The van der Waals surface area contributed by atoms with E-state index in [0.29, 0.717) is 39.8 Å². The first-order valence-electron chi connectivity index (χ1n) is 9.74. The van der Waals surface area contributed by atoms with Gasteiger partial charge in [-0.05, 0) is 36.4 Å². The number of hydrogen-bond acceptors (Lipinski definition) is 6. The Bertz CT molecular complexity index is 1070. The average Bonchev–Trinajstić information content (AvgIpc) is 2.83. The highest BCUT2D eigenvalue weighted by atomic mass is 16.5. The number of methoxy groups -OCH3 is 4. The van der Waals surface area contributed by atoms with Crippen molar-refractivity contribution in [2.75, 3.05) is 38.7 Å². The lowest BCUT2D eigenvalue weighted by atomic mass is 10.0. The van der Waals surface area contributed by atoms with E-state index in [0.717, 1.165) is 5.69 Å². The zero-order chi connectivity index (χ0) is 22.0. The van der Waals surface area contributed by atoms with Crippen LogP contribution in [-0.4, -0.2) is 34.3 Å². The molecule has 4 rings (SSSR count). The number of anilines is 2. The molecule has 0 spiro atoms. The minimum absolute atomic E-state index is 0.135. The summed E-state index contributed by atoms with van der Waals surface area (Å²) in [6.07, 6.45) is -0.577. The van der Waals surface area contributed by atoms with Crippen molar-refractivity contribution in [3.05, 3.63) is 71.8 Å². The van der Waals surface area contributed by atoms with Crippen LogP contribution in [0.4, 0.5) is 11.4 Å². The van der Waals surface area contributed by atoms with E-state index in [1.54, 1.807) is 51.5 Å². The maximum absolute atomic E-state index is 13.6. The number of carbonyl (C=O) groups is 1. The molecule has 160 valence electrons. The predicted molar refractivity (Wildman–Crippen MR) is 119 cm³/mol. The molecule has 0 saturated carbocycles. The lowest BCUT2D eigenvalue weighted by Gasteiger charge is -2.39. The molecule has 7 heteroatoms. The maximum Gasteiger partial charge on any atom is 0.262 e. The van der Waals surface area contributed by atoms with Crippen molar-refractivity contribution in [1.82, 2.24) is 0 Å². The topological polar surface area (TPSA) is 69.3 Å². The van der Waals surface area contributed by atoms with Gasteiger partial charge >= 0.3 is 0 Å². The van der Waals surface area contributed by atoms with Gasteiger partial charge in [0, 0.05) is 23.5 Å². The van der Waals surface area contributed by atoms with Crippen LogP contribution in [-0.2, 0) is 0 Å². The summed E-state index contributed by atoms with van der Waals surface area (Å²) in [6, 6.07) is 18.3. The molecule has 31 heavy (non-hydrogen) atoms. The van der Waals surface area contributed by atoms with E-state index >= 15 is 0 Å². The highest BCUT2D eigenvalue weighted by Gasteiger charge is 2.37. The Labute approximate surface area is 181 Å². The minimum Gasteiger partial charge on any atom is -0.497 e. The molecule has 7 nitrogen and oxygen atoms in total. The van der Waals surface area contributed by atoms with Crippen molar-refractivity contribution in [3.8, 4) is 23.0 Å². The molecule has 1 aliphatic heterocycles. The van der Waals surface area contributed by atoms with Gasteiger partial charge in [-0.15, -0.1) is 0 Å². The summed E-state index contributed by atoms with van der Waals surface area (Å²) in [5.41, 5.74) is 2.71. The summed E-state index contributed by atoms with van der Waals surface area (Å²) < 4.78 is 22.0. The normalized spacial score (nSPS) is 15.0. The Morgan fingerprint density at radius 1 is 0.774 bits per heavy atom. The van der Waals surface area contributed by atoms with Crippen LogP contribution >= 0.6 is 0 Å². The van der Waals surface area contributed by atoms with Crippen molar-refractivity contribution in [3.63, 3.8) is 0 Å². The molecule has 0 radical (unpaired) electrons. The molecule has 1 aliphatic rings. The molecule has 0 aromatic heterocycles. The van der Waals surface area contributed by atoms with E-state index in [4.69, 9.17) is 18.9 Å². The molecule has 0 fully saturated rings.